The molecule has 0 N–H and O–H groups in total. The Balaban J connectivity index is 1.68. The van der Waals surface area contributed by atoms with E-state index in [9.17, 15) is 4.79 Å². The van der Waals surface area contributed by atoms with E-state index in [1.165, 1.54) is 0 Å². The Morgan fingerprint density at radius 1 is 1.09 bits per heavy atom. The number of halogens is 1. The third kappa shape index (κ3) is 2.61. The van der Waals surface area contributed by atoms with Gasteiger partial charge in [0.1, 0.15) is 11.8 Å². The van der Waals surface area contributed by atoms with Crippen LogP contribution in [0.5, 0.6) is 0 Å². The van der Waals surface area contributed by atoms with E-state index in [0.717, 1.165) is 37.1 Å². The van der Waals surface area contributed by atoms with Gasteiger partial charge in [0, 0.05) is 24.3 Å². The fraction of sp³-hybridized carbons (Fsp3) is 0.294. The molecule has 3 heterocycles. The van der Waals surface area contributed by atoms with Gasteiger partial charge in [-0.1, -0.05) is 23.7 Å². The molecule has 1 fully saturated rings. The molecule has 0 saturated carbocycles. The molecular weight excluding hydrogens is 312 g/mol. The van der Waals surface area contributed by atoms with Crippen LogP contribution in [0.3, 0.4) is 0 Å². The van der Waals surface area contributed by atoms with Crippen LogP contribution in [0.4, 0.5) is 0 Å². The van der Waals surface area contributed by atoms with Crippen molar-refractivity contribution in [3.05, 3.63) is 40.9 Å². The molecule has 1 amide bonds. The van der Waals surface area contributed by atoms with Crippen molar-refractivity contribution in [2.75, 3.05) is 13.1 Å². The Morgan fingerprint density at radius 2 is 1.83 bits per heavy atom. The van der Waals surface area contributed by atoms with Gasteiger partial charge in [-0.3, -0.25) is 4.79 Å². The lowest BCUT2D eigenvalue weighted by atomic mass is 9.88. The molecule has 3 aliphatic rings. The van der Waals surface area contributed by atoms with E-state index in [4.69, 9.17) is 11.6 Å². The fourth-order valence-corrected chi connectivity index (χ4v) is 3.22. The van der Waals surface area contributed by atoms with Crippen LogP contribution in [0.25, 0.3) is 5.57 Å². The Labute approximate surface area is 139 Å². The number of hydrogen-bond acceptors (Lipinski definition) is 4. The Morgan fingerprint density at radius 3 is 2.57 bits per heavy atom. The molecule has 1 saturated heterocycles. The molecule has 6 heteroatoms. The molecule has 1 aromatic carbocycles. The quantitative estimate of drug-likeness (QED) is 0.796. The number of nitrogens with zero attached hydrogens (tertiary/aromatic N) is 4. The number of carbonyl (C=O) groups is 1. The molecule has 0 bridgehead atoms. The molecule has 1 aromatic rings. The van der Waals surface area contributed by atoms with Gasteiger partial charge >= 0.3 is 0 Å². The summed E-state index contributed by atoms with van der Waals surface area (Å²) in [4.78, 5) is 27.7. The number of dihydropyridines is 1. The van der Waals surface area contributed by atoms with Gasteiger partial charge < -0.3 is 4.90 Å². The zero-order chi connectivity index (χ0) is 15.8. The van der Waals surface area contributed by atoms with Crippen LogP contribution in [0, 0.1) is 5.92 Å². The lowest BCUT2D eigenvalue weighted by Crippen LogP contribution is -2.36. The average molecular weight is 327 g/mol. The standard InChI is InChI=1S/C17H15ClN4O/c18-12-5-3-11(4-6-12)13-7-8-19-15-14(13)16(23)21-17(20-15)22-9-1-2-10-22/h3-8,14H,1-2,9-10H2. The molecule has 0 aromatic heterocycles. The van der Waals surface area contributed by atoms with Crippen LogP contribution in [0.1, 0.15) is 18.4 Å². The van der Waals surface area contributed by atoms with E-state index in [0.29, 0.717) is 16.8 Å². The van der Waals surface area contributed by atoms with Crippen molar-refractivity contribution in [3.8, 4) is 0 Å². The summed E-state index contributed by atoms with van der Waals surface area (Å²) in [6, 6.07) is 7.43. The van der Waals surface area contributed by atoms with Crippen molar-refractivity contribution < 1.29 is 4.79 Å². The number of carbonyl (C=O) groups excluding carboxylic acids is 1. The van der Waals surface area contributed by atoms with Gasteiger partial charge in [-0.15, -0.1) is 0 Å². The SMILES string of the molecule is O=C1N=C(N2CCCC2)N=C2N=CC=C(c3ccc(Cl)cc3)C12. The maximum Gasteiger partial charge on any atom is 0.264 e. The molecular formula is C17H15ClN4O. The third-order valence-electron chi connectivity index (χ3n) is 4.27. The number of fused-ring (bicyclic) bond motifs is 1. The molecule has 0 radical (unpaired) electrons. The van der Waals surface area contributed by atoms with E-state index in [1.807, 2.05) is 30.3 Å². The topological polar surface area (TPSA) is 57.4 Å². The van der Waals surface area contributed by atoms with Crippen LogP contribution < -0.4 is 0 Å². The molecule has 1 atom stereocenters. The summed E-state index contributed by atoms with van der Waals surface area (Å²) in [5.41, 5.74) is 1.80. The van der Waals surface area contributed by atoms with Crippen LogP contribution in [-0.4, -0.2) is 41.9 Å². The van der Waals surface area contributed by atoms with E-state index < -0.39 is 5.92 Å². The minimum atomic E-state index is -0.521. The molecule has 3 aliphatic heterocycles. The number of allylic oxidation sites excluding steroid dienone is 1. The predicted octanol–water partition coefficient (Wildman–Crippen LogP) is 2.81. The highest BCUT2D eigenvalue weighted by Gasteiger charge is 2.35. The van der Waals surface area contributed by atoms with Crippen LogP contribution >= 0.6 is 11.6 Å². The highest BCUT2D eigenvalue weighted by Crippen LogP contribution is 2.31. The maximum atomic E-state index is 12.6. The van der Waals surface area contributed by atoms with Gasteiger partial charge in [-0.25, -0.2) is 4.99 Å². The Kier molecular flexibility index (Phi) is 3.58. The zero-order valence-electron chi connectivity index (χ0n) is 12.4. The summed E-state index contributed by atoms with van der Waals surface area (Å²) < 4.78 is 0. The summed E-state index contributed by atoms with van der Waals surface area (Å²) in [7, 11) is 0. The summed E-state index contributed by atoms with van der Waals surface area (Å²) in [6.07, 6.45) is 5.77. The van der Waals surface area contributed by atoms with Gasteiger partial charge in [-0.05, 0) is 42.2 Å². The number of likely N-dealkylation sites (tertiary alicyclic amines) is 1. The van der Waals surface area contributed by atoms with E-state index in [2.05, 4.69) is 19.9 Å². The van der Waals surface area contributed by atoms with Gasteiger partial charge in [0.15, 0.2) is 0 Å². The molecule has 116 valence electrons. The average Bonchev–Trinajstić information content (AvgIpc) is 3.09. The summed E-state index contributed by atoms with van der Waals surface area (Å²) >= 11 is 5.94. The Hall–Kier alpha value is -2.27. The van der Waals surface area contributed by atoms with Crippen molar-refractivity contribution in [1.29, 1.82) is 0 Å². The predicted molar refractivity (Wildman–Crippen MR) is 92.1 cm³/mol. The summed E-state index contributed by atoms with van der Waals surface area (Å²) in [5, 5.41) is 0.664. The maximum absolute atomic E-state index is 12.6. The second-order valence-electron chi connectivity index (χ2n) is 5.75. The van der Waals surface area contributed by atoms with Gasteiger partial charge in [-0.2, -0.15) is 9.98 Å². The number of rotatable bonds is 1. The first-order valence-corrected chi connectivity index (χ1v) is 8.06. The first kappa shape index (κ1) is 14.3. The second kappa shape index (κ2) is 5.74. The van der Waals surface area contributed by atoms with E-state index in [1.54, 1.807) is 6.21 Å². The van der Waals surface area contributed by atoms with Crippen molar-refractivity contribution in [3.63, 3.8) is 0 Å². The summed E-state index contributed by atoms with van der Waals surface area (Å²) in [5.74, 6) is 0.315. The lowest BCUT2D eigenvalue weighted by molar-refractivity contribution is -0.118. The summed E-state index contributed by atoms with van der Waals surface area (Å²) in [6.45, 7) is 1.80. The monoisotopic (exact) mass is 326 g/mol. The first-order valence-electron chi connectivity index (χ1n) is 7.68. The van der Waals surface area contributed by atoms with Gasteiger partial charge in [0.2, 0.25) is 5.96 Å². The normalized spacial score (nSPS) is 23.3. The fourth-order valence-electron chi connectivity index (χ4n) is 3.10. The number of guanidine groups is 1. The minimum Gasteiger partial charge on any atom is -0.341 e. The number of hydrogen-bond donors (Lipinski definition) is 0. The number of amidine groups is 1. The van der Waals surface area contributed by atoms with Crippen molar-refractivity contribution in [2.24, 2.45) is 20.9 Å². The Bertz CT molecular complexity index is 770. The molecule has 5 nitrogen and oxygen atoms in total. The van der Waals surface area contributed by atoms with Crippen LogP contribution in [0.15, 0.2) is 45.3 Å². The number of aliphatic imine (C=N–C) groups is 3. The smallest absolute Gasteiger partial charge is 0.264 e. The van der Waals surface area contributed by atoms with Crippen molar-refractivity contribution in [1.82, 2.24) is 4.90 Å². The number of benzene rings is 1. The van der Waals surface area contributed by atoms with Gasteiger partial charge in [0.25, 0.3) is 5.91 Å². The zero-order valence-corrected chi connectivity index (χ0v) is 13.2. The van der Waals surface area contributed by atoms with Crippen molar-refractivity contribution in [2.45, 2.75) is 12.8 Å². The molecule has 4 rings (SSSR count). The highest BCUT2D eigenvalue weighted by atomic mass is 35.5. The third-order valence-corrected chi connectivity index (χ3v) is 4.52. The lowest BCUT2D eigenvalue weighted by Gasteiger charge is -2.26. The van der Waals surface area contributed by atoms with Crippen LogP contribution in [-0.2, 0) is 4.79 Å². The van der Waals surface area contributed by atoms with Crippen molar-refractivity contribution >= 4 is 41.1 Å². The minimum absolute atomic E-state index is 0.199. The molecule has 0 aliphatic carbocycles. The molecule has 23 heavy (non-hydrogen) atoms. The first-order chi connectivity index (χ1) is 11.2. The second-order valence-corrected chi connectivity index (χ2v) is 6.19. The van der Waals surface area contributed by atoms with E-state index in [-0.39, 0.29) is 5.91 Å². The highest BCUT2D eigenvalue weighted by molar-refractivity contribution is 6.30. The number of amides is 1. The van der Waals surface area contributed by atoms with E-state index >= 15 is 0 Å². The molecule has 1 unspecified atom stereocenters. The van der Waals surface area contributed by atoms with Crippen LogP contribution in [0.2, 0.25) is 5.02 Å². The largest absolute Gasteiger partial charge is 0.341 e. The molecule has 0 spiro atoms. The van der Waals surface area contributed by atoms with Gasteiger partial charge in [0.05, 0.1) is 0 Å².